The maximum atomic E-state index is 2.37. The molecule has 16 heavy (non-hydrogen) atoms. The van der Waals surface area contributed by atoms with Crippen LogP contribution in [0.3, 0.4) is 0 Å². The first kappa shape index (κ1) is 12.4. The molecule has 0 aliphatic heterocycles. The third kappa shape index (κ3) is 2.59. The molecule has 0 heterocycles. The molecule has 0 N–H and O–H groups in total. The molecule has 2 aromatic rings. The zero-order valence-electron chi connectivity index (χ0n) is 9.22. The van der Waals surface area contributed by atoms with Gasteiger partial charge in [-0.15, -0.1) is 0 Å². The van der Waals surface area contributed by atoms with Crippen LogP contribution in [0.1, 0.15) is 11.1 Å². The summed E-state index contributed by atoms with van der Waals surface area (Å²) < 4.78 is 2.58. The molecule has 0 bridgehead atoms. The molecule has 0 aliphatic rings. The van der Waals surface area contributed by atoms with Crippen LogP contribution in [0.5, 0.6) is 0 Å². The molecular weight excluding hydrogens is 422 g/mol. The van der Waals surface area contributed by atoms with E-state index in [1.807, 2.05) is 0 Å². The molecule has 0 radical (unpaired) electrons. The van der Waals surface area contributed by atoms with Crippen LogP contribution in [-0.2, 0) is 0 Å². The van der Waals surface area contributed by atoms with Crippen LogP contribution in [0.15, 0.2) is 36.4 Å². The van der Waals surface area contributed by atoms with Gasteiger partial charge in [0.25, 0.3) is 0 Å². The van der Waals surface area contributed by atoms with Crippen molar-refractivity contribution in [2.24, 2.45) is 0 Å². The van der Waals surface area contributed by atoms with Gasteiger partial charge in [0.15, 0.2) is 0 Å². The van der Waals surface area contributed by atoms with Crippen molar-refractivity contribution in [1.82, 2.24) is 0 Å². The Morgan fingerprint density at radius 1 is 0.688 bits per heavy atom. The van der Waals surface area contributed by atoms with Crippen LogP contribution in [0, 0.1) is 21.0 Å². The van der Waals surface area contributed by atoms with Crippen LogP contribution in [0.2, 0.25) is 0 Å². The zero-order valence-corrected chi connectivity index (χ0v) is 13.5. The van der Waals surface area contributed by atoms with E-state index in [-0.39, 0.29) is 0 Å². The van der Waals surface area contributed by atoms with E-state index in [1.54, 1.807) is 0 Å². The highest BCUT2D eigenvalue weighted by molar-refractivity contribution is 14.1. The van der Waals surface area contributed by atoms with Gasteiger partial charge in [-0.05, 0) is 106 Å². The highest BCUT2D eigenvalue weighted by Crippen LogP contribution is 2.29. The number of halogens is 2. The number of benzene rings is 2. The highest BCUT2D eigenvalue weighted by Gasteiger charge is 2.06. The maximum Gasteiger partial charge on any atom is 0.0136 e. The molecule has 0 fully saturated rings. The molecule has 0 aromatic heterocycles. The summed E-state index contributed by atoms with van der Waals surface area (Å²) in [7, 11) is 0. The molecule has 0 atom stereocenters. The number of hydrogen-bond acceptors (Lipinski definition) is 0. The first-order valence-electron chi connectivity index (χ1n) is 5.10. The Bertz CT molecular complexity index is 481. The Kier molecular flexibility index (Phi) is 3.89. The lowest BCUT2D eigenvalue weighted by Crippen LogP contribution is -1.89. The molecule has 0 saturated carbocycles. The lowest BCUT2D eigenvalue weighted by molar-refractivity contribution is 1.39. The summed E-state index contributed by atoms with van der Waals surface area (Å²) in [5.74, 6) is 0. The first-order chi connectivity index (χ1) is 7.58. The summed E-state index contributed by atoms with van der Waals surface area (Å²) >= 11 is 4.73. The minimum Gasteiger partial charge on any atom is -0.0577 e. The molecule has 0 saturated heterocycles. The fourth-order valence-corrected chi connectivity index (χ4v) is 2.75. The molecule has 0 spiro atoms. The van der Waals surface area contributed by atoms with Crippen LogP contribution in [-0.4, -0.2) is 0 Å². The van der Waals surface area contributed by atoms with Gasteiger partial charge >= 0.3 is 0 Å². The SMILES string of the molecule is Cc1ccc(I)cc1-c1cc(I)ccc1C. The summed E-state index contributed by atoms with van der Waals surface area (Å²) in [6.07, 6.45) is 0. The summed E-state index contributed by atoms with van der Waals surface area (Å²) in [6.45, 7) is 4.34. The van der Waals surface area contributed by atoms with Crippen LogP contribution in [0.25, 0.3) is 11.1 Å². The smallest absolute Gasteiger partial charge is 0.0136 e. The molecule has 0 amide bonds. The molecule has 0 nitrogen and oxygen atoms in total. The van der Waals surface area contributed by atoms with E-state index in [2.05, 4.69) is 95.4 Å². The van der Waals surface area contributed by atoms with Crippen LogP contribution in [0.4, 0.5) is 0 Å². The van der Waals surface area contributed by atoms with Crippen molar-refractivity contribution in [3.63, 3.8) is 0 Å². The number of aryl methyl sites for hydroxylation is 2. The van der Waals surface area contributed by atoms with Crippen molar-refractivity contribution in [2.45, 2.75) is 13.8 Å². The van der Waals surface area contributed by atoms with Crippen molar-refractivity contribution in [1.29, 1.82) is 0 Å². The molecule has 0 unspecified atom stereocenters. The summed E-state index contributed by atoms with van der Waals surface area (Å²) in [6, 6.07) is 13.2. The van der Waals surface area contributed by atoms with E-state index in [9.17, 15) is 0 Å². The summed E-state index contributed by atoms with van der Waals surface area (Å²) in [4.78, 5) is 0. The van der Waals surface area contributed by atoms with Crippen molar-refractivity contribution >= 4 is 45.2 Å². The van der Waals surface area contributed by atoms with Crippen LogP contribution < -0.4 is 0 Å². The van der Waals surface area contributed by atoms with Crippen LogP contribution >= 0.6 is 45.2 Å². The summed E-state index contributed by atoms with van der Waals surface area (Å²) in [5, 5.41) is 0. The van der Waals surface area contributed by atoms with E-state index < -0.39 is 0 Å². The average Bonchev–Trinajstić information content (AvgIpc) is 2.25. The van der Waals surface area contributed by atoms with Gasteiger partial charge < -0.3 is 0 Å². The standard InChI is InChI=1S/C14H12I2/c1-9-3-5-11(15)7-13(9)14-8-12(16)6-4-10(14)2/h3-8H,1-2H3. The number of hydrogen-bond donors (Lipinski definition) is 0. The quantitative estimate of drug-likeness (QED) is 0.543. The van der Waals surface area contributed by atoms with Gasteiger partial charge in [-0.3, -0.25) is 0 Å². The van der Waals surface area contributed by atoms with Gasteiger partial charge in [0.05, 0.1) is 0 Å². The second kappa shape index (κ2) is 5.04. The largest absolute Gasteiger partial charge is 0.0577 e. The Morgan fingerprint density at radius 3 is 1.44 bits per heavy atom. The number of rotatable bonds is 1. The van der Waals surface area contributed by atoms with Crippen molar-refractivity contribution in [3.8, 4) is 11.1 Å². The fraction of sp³-hybridized carbons (Fsp3) is 0.143. The predicted molar refractivity (Wildman–Crippen MR) is 86.8 cm³/mol. The van der Waals surface area contributed by atoms with Gasteiger partial charge in [-0.25, -0.2) is 0 Å². The van der Waals surface area contributed by atoms with E-state index in [0.717, 1.165) is 0 Å². The van der Waals surface area contributed by atoms with Crippen molar-refractivity contribution in [3.05, 3.63) is 54.7 Å². The molecular formula is C14H12I2. The second-order valence-corrected chi connectivity index (χ2v) is 6.41. The Morgan fingerprint density at radius 2 is 1.06 bits per heavy atom. The first-order valence-corrected chi connectivity index (χ1v) is 7.26. The van der Waals surface area contributed by atoms with E-state index in [4.69, 9.17) is 0 Å². The molecule has 0 aliphatic carbocycles. The Labute approximate surface area is 124 Å². The average molecular weight is 434 g/mol. The minimum absolute atomic E-state index is 1.29. The van der Waals surface area contributed by atoms with E-state index in [1.165, 1.54) is 29.4 Å². The van der Waals surface area contributed by atoms with E-state index >= 15 is 0 Å². The topological polar surface area (TPSA) is 0 Å². The second-order valence-electron chi connectivity index (χ2n) is 3.92. The molecule has 2 aromatic carbocycles. The third-order valence-corrected chi connectivity index (χ3v) is 4.03. The maximum absolute atomic E-state index is 2.37. The van der Waals surface area contributed by atoms with Gasteiger partial charge in [-0.1, -0.05) is 12.1 Å². The Balaban J connectivity index is 2.66. The zero-order chi connectivity index (χ0) is 11.7. The monoisotopic (exact) mass is 434 g/mol. The van der Waals surface area contributed by atoms with Gasteiger partial charge in [0.1, 0.15) is 0 Å². The van der Waals surface area contributed by atoms with Crippen molar-refractivity contribution in [2.75, 3.05) is 0 Å². The lowest BCUT2D eigenvalue weighted by Gasteiger charge is -2.10. The van der Waals surface area contributed by atoms with Gasteiger partial charge in [0, 0.05) is 7.14 Å². The van der Waals surface area contributed by atoms with E-state index in [0.29, 0.717) is 0 Å². The minimum atomic E-state index is 1.29. The predicted octanol–water partition coefficient (Wildman–Crippen LogP) is 5.18. The third-order valence-electron chi connectivity index (χ3n) is 2.69. The highest BCUT2D eigenvalue weighted by atomic mass is 127. The fourth-order valence-electron chi connectivity index (χ4n) is 1.77. The lowest BCUT2D eigenvalue weighted by atomic mass is 9.97. The normalized spacial score (nSPS) is 10.5. The van der Waals surface area contributed by atoms with Crippen molar-refractivity contribution < 1.29 is 0 Å². The summed E-state index contributed by atoms with van der Waals surface area (Å²) in [5.41, 5.74) is 5.38. The molecule has 2 rings (SSSR count). The molecule has 82 valence electrons. The van der Waals surface area contributed by atoms with Gasteiger partial charge in [0.2, 0.25) is 0 Å². The molecule has 2 heteroatoms. The van der Waals surface area contributed by atoms with Gasteiger partial charge in [-0.2, -0.15) is 0 Å². The Hall–Kier alpha value is -0.100.